The molecule has 1 fully saturated rings. The van der Waals surface area contributed by atoms with E-state index in [4.69, 9.17) is 0 Å². The number of rotatable bonds is 5. The molecule has 1 aliphatic rings. The van der Waals surface area contributed by atoms with E-state index in [0.717, 1.165) is 31.5 Å². The van der Waals surface area contributed by atoms with Crippen LogP contribution < -0.4 is 5.32 Å². The molecule has 0 spiro atoms. The maximum absolute atomic E-state index is 11.9. The van der Waals surface area contributed by atoms with Crippen molar-refractivity contribution in [2.24, 2.45) is 5.92 Å². The fourth-order valence-corrected chi connectivity index (χ4v) is 2.90. The normalized spacial score (nSPS) is 15.2. The van der Waals surface area contributed by atoms with Gasteiger partial charge in [0.2, 0.25) is 5.91 Å². The third-order valence-corrected chi connectivity index (χ3v) is 4.14. The molecule has 4 heteroatoms. The van der Waals surface area contributed by atoms with E-state index in [0.29, 0.717) is 0 Å². The Kier molecular flexibility index (Phi) is 4.34. The lowest BCUT2D eigenvalue weighted by atomic mass is 10.1. The van der Waals surface area contributed by atoms with Gasteiger partial charge in [-0.1, -0.05) is 25.0 Å². The Balaban J connectivity index is 1.48. The highest BCUT2D eigenvalue weighted by atomic mass is 16.1. The van der Waals surface area contributed by atoms with Crippen LogP contribution in [0.25, 0.3) is 5.69 Å². The molecule has 0 aliphatic heterocycles. The monoisotopic (exact) mass is 283 g/mol. The highest BCUT2D eigenvalue weighted by molar-refractivity contribution is 5.78. The third kappa shape index (κ3) is 3.51. The van der Waals surface area contributed by atoms with Gasteiger partial charge in [0, 0.05) is 24.9 Å². The number of benzene rings is 1. The van der Waals surface area contributed by atoms with Gasteiger partial charge in [-0.05, 0) is 43.0 Å². The summed E-state index contributed by atoms with van der Waals surface area (Å²) in [5.74, 6) is 0.493. The number of hydrogen-bond donors (Lipinski definition) is 1. The van der Waals surface area contributed by atoms with Crippen molar-refractivity contribution < 1.29 is 4.79 Å². The molecule has 4 nitrogen and oxygen atoms in total. The molecule has 1 aromatic heterocycles. The molecule has 1 aromatic carbocycles. The van der Waals surface area contributed by atoms with Crippen LogP contribution in [0.1, 0.15) is 31.2 Å². The maximum atomic E-state index is 11.9. The molecule has 3 rings (SSSR count). The molecule has 2 aromatic rings. The summed E-state index contributed by atoms with van der Waals surface area (Å²) in [5.41, 5.74) is 2.29. The van der Waals surface area contributed by atoms with E-state index in [1.165, 1.54) is 18.4 Å². The predicted octanol–water partition coefficient (Wildman–Crippen LogP) is 2.72. The van der Waals surface area contributed by atoms with Gasteiger partial charge in [0.05, 0.1) is 5.69 Å². The maximum Gasteiger partial charge on any atom is 0.223 e. The molecule has 1 saturated carbocycles. The fourth-order valence-electron chi connectivity index (χ4n) is 2.90. The van der Waals surface area contributed by atoms with Crippen LogP contribution in [0.5, 0.6) is 0 Å². The van der Waals surface area contributed by atoms with Crippen LogP contribution >= 0.6 is 0 Å². The van der Waals surface area contributed by atoms with Crippen molar-refractivity contribution in [2.45, 2.75) is 32.1 Å². The Morgan fingerprint density at radius 2 is 2.00 bits per heavy atom. The highest BCUT2D eigenvalue weighted by Crippen LogP contribution is 2.24. The number of aromatic nitrogens is 2. The predicted molar refractivity (Wildman–Crippen MR) is 82.2 cm³/mol. The highest BCUT2D eigenvalue weighted by Gasteiger charge is 2.21. The van der Waals surface area contributed by atoms with Crippen LogP contribution in [0.4, 0.5) is 0 Å². The van der Waals surface area contributed by atoms with Gasteiger partial charge in [0.15, 0.2) is 0 Å². The molecule has 0 saturated heterocycles. The lowest BCUT2D eigenvalue weighted by molar-refractivity contribution is -0.124. The summed E-state index contributed by atoms with van der Waals surface area (Å²) in [6, 6.07) is 10.2. The molecule has 0 unspecified atom stereocenters. The molecule has 0 bridgehead atoms. The summed E-state index contributed by atoms with van der Waals surface area (Å²) < 4.78 is 1.84. The number of carbonyl (C=O) groups excluding carboxylic acids is 1. The van der Waals surface area contributed by atoms with E-state index in [1.54, 1.807) is 6.20 Å². The molecule has 1 heterocycles. The molecule has 1 aliphatic carbocycles. The first-order chi connectivity index (χ1) is 10.3. The number of nitrogens with one attached hydrogen (secondary N) is 1. The lowest BCUT2D eigenvalue weighted by Crippen LogP contribution is -2.30. The van der Waals surface area contributed by atoms with E-state index in [1.807, 2.05) is 16.9 Å². The van der Waals surface area contributed by atoms with Gasteiger partial charge < -0.3 is 5.32 Å². The van der Waals surface area contributed by atoms with Crippen molar-refractivity contribution in [3.63, 3.8) is 0 Å². The van der Waals surface area contributed by atoms with E-state index < -0.39 is 0 Å². The molecule has 21 heavy (non-hydrogen) atoms. The minimum atomic E-state index is 0.237. The van der Waals surface area contributed by atoms with Crippen LogP contribution in [0, 0.1) is 5.92 Å². The summed E-state index contributed by atoms with van der Waals surface area (Å²) in [6.45, 7) is 0.719. The van der Waals surface area contributed by atoms with Crippen molar-refractivity contribution in [1.29, 1.82) is 0 Å². The average Bonchev–Trinajstić information content (AvgIpc) is 3.21. The first-order valence-electron chi connectivity index (χ1n) is 7.69. The SMILES string of the molecule is O=C(NCCc1ccc(-n2cccn2)cc1)C1CCCC1. The molecular weight excluding hydrogens is 262 g/mol. The first-order valence-corrected chi connectivity index (χ1v) is 7.69. The quantitative estimate of drug-likeness (QED) is 0.917. The largest absolute Gasteiger partial charge is 0.356 e. The van der Waals surface area contributed by atoms with Crippen LogP contribution in [-0.2, 0) is 11.2 Å². The number of hydrogen-bond acceptors (Lipinski definition) is 2. The summed E-state index contributed by atoms with van der Waals surface area (Å²) in [4.78, 5) is 11.9. The zero-order valence-electron chi connectivity index (χ0n) is 12.2. The minimum Gasteiger partial charge on any atom is -0.356 e. The number of amides is 1. The Morgan fingerprint density at radius 1 is 1.24 bits per heavy atom. The van der Waals surface area contributed by atoms with Crippen molar-refractivity contribution in [1.82, 2.24) is 15.1 Å². The first kappa shape index (κ1) is 13.9. The van der Waals surface area contributed by atoms with Gasteiger partial charge in [-0.3, -0.25) is 4.79 Å². The van der Waals surface area contributed by atoms with Gasteiger partial charge in [0.25, 0.3) is 0 Å². The van der Waals surface area contributed by atoms with Crippen molar-refractivity contribution in [3.05, 3.63) is 48.3 Å². The molecule has 0 radical (unpaired) electrons. The Hall–Kier alpha value is -2.10. The summed E-state index contributed by atoms with van der Waals surface area (Å²) in [5, 5.41) is 7.26. The van der Waals surface area contributed by atoms with Gasteiger partial charge >= 0.3 is 0 Å². The molecule has 1 N–H and O–H groups in total. The lowest BCUT2D eigenvalue weighted by Gasteiger charge is -2.10. The summed E-state index contributed by atoms with van der Waals surface area (Å²) >= 11 is 0. The molecule has 110 valence electrons. The van der Waals surface area contributed by atoms with Crippen LogP contribution in [-0.4, -0.2) is 22.2 Å². The fraction of sp³-hybridized carbons (Fsp3) is 0.412. The van der Waals surface area contributed by atoms with Gasteiger partial charge in [-0.15, -0.1) is 0 Å². The molecule has 1 amide bonds. The van der Waals surface area contributed by atoms with Gasteiger partial charge in [-0.25, -0.2) is 4.68 Å². The minimum absolute atomic E-state index is 0.237. The van der Waals surface area contributed by atoms with Gasteiger partial charge in [0.1, 0.15) is 0 Å². The van der Waals surface area contributed by atoms with Gasteiger partial charge in [-0.2, -0.15) is 5.10 Å². The van der Waals surface area contributed by atoms with Crippen LogP contribution in [0.15, 0.2) is 42.7 Å². The van der Waals surface area contributed by atoms with Crippen molar-refractivity contribution in [3.8, 4) is 5.69 Å². The average molecular weight is 283 g/mol. The zero-order chi connectivity index (χ0) is 14.5. The number of carbonyl (C=O) groups is 1. The number of nitrogens with zero attached hydrogens (tertiary/aromatic N) is 2. The summed E-state index contributed by atoms with van der Waals surface area (Å²) in [7, 11) is 0. The second-order valence-electron chi connectivity index (χ2n) is 5.64. The second-order valence-corrected chi connectivity index (χ2v) is 5.64. The standard InChI is InChI=1S/C17H21N3O/c21-17(15-4-1-2-5-15)18-12-10-14-6-8-16(9-7-14)20-13-3-11-19-20/h3,6-9,11,13,15H,1-2,4-5,10,12H2,(H,18,21). The molecular formula is C17H21N3O. The van der Waals surface area contributed by atoms with E-state index >= 15 is 0 Å². The topological polar surface area (TPSA) is 46.9 Å². The van der Waals surface area contributed by atoms with E-state index in [9.17, 15) is 4.79 Å². The van der Waals surface area contributed by atoms with Crippen LogP contribution in [0.3, 0.4) is 0 Å². The Morgan fingerprint density at radius 3 is 2.67 bits per heavy atom. The molecule has 0 atom stereocenters. The van der Waals surface area contributed by atoms with Crippen LogP contribution in [0.2, 0.25) is 0 Å². The third-order valence-electron chi connectivity index (χ3n) is 4.14. The van der Waals surface area contributed by atoms with E-state index in [2.05, 4.69) is 34.7 Å². The van der Waals surface area contributed by atoms with Crippen molar-refractivity contribution >= 4 is 5.91 Å². The second kappa shape index (κ2) is 6.57. The summed E-state index contributed by atoms with van der Waals surface area (Å²) in [6.07, 6.45) is 9.09. The smallest absolute Gasteiger partial charge is 0.223 e. The Bertz CT molecular complexity index is 569. The Labute approximate surface area is 125 Å². The van der Waals surface area contributed by atoms with Crippen molar-refractivity contribution in [2.75, 3.05) is 6.54 Å². The van der Waals surface area contributed by atoms with E-state index in [-0.39, 0.29) is 11.8 Å². The zero-order valence-corrected chi connectivity index (χ0v) is 12.2.